The lowest BCUT2D eigenvalue weighted by atomic mass is 10.0. The molecule has 2 heterocycles. The summed E-state index contributed by atoms with van der Waals surface area (Å²) >= 11 is 0. The molecular formula is C18H38N6. The third-order valence-electron chi connectivity index (χ3n) is 5.26. The Morgan fingerprint density at radius 3 is 2.46 bits per heavy atom. The van der Waals surface area contributed by atoms with Crippen molar-refractivity contribution in [3.05, 3.63) is 0 Å². The van der Waals surface area contributed by atoms with Crippen LogP contribution in [0.5, 0.6) is 0 Å². The summed E-state index contributed by atoms with van der Waals surface area (Å²) in [6.45, 7) is 12.6. The van der Waals surface area contributed by atoms with Crippen LogP contribution in [0, 0.1) is 5.92 Å². The molecular weight excluding hydrogens is 300 g/mol. The molecule has 2 fully saturated rings. The van der Waals surface area contributed by atoms with Crippen LogP contribution in [0.2, 0.25) is 0 Å². The predicted octanol–water partition coefficient (Wildman–Crippen LogP) is 0.518. The Kier molecular flexibility index (Phi) is 7.78. The van der Waals surface area contributed by atoms with Crippen LogP contribution in [-0.2, 0) is 0 Å². The lowest BCUT2D eigenvalue weighted by Crippen LogP contribution is -2.56. The molecule has 0 amide bonds. The zero-order chi connectivity index (χ0) is 17.5. The minimum absolute atomic E-state index is 0.548. The molecule has 24 heavy (non-hydrogen) atoms. The molecule has 6 nitrogen and oxygen atoms in total. The van der Waals surface area contributed by atoms with E-state index in [9.17, 15) is 0 Å². The van der Waals surface area contributed by atoms with Gasteiger partial charge in [-0.05, 0) is 32.9 Å². The Hall–Kier alpha value is -0.850. The van der Waals surface area contributed by atoms with E-state index in [-0.39, 0.29) is 0 Å². The fourth-order valence-corrected chi connectivity index (χ4v) is 3.70. The molecule has 140 valence electrons. The number of nitrogens with one attached hydrogen (secondary N) is 2. The van der Waals surface area contributed by atoms with Crippen LogP contribution in [0.15, 0.2) is 4.99 Å². The Balaban J connectivity index is 1.71. The smallest absolute Gasteiger partial charge is 0.191 e. The molecule has 0 bridgehead atoms. The largest absolute Gasteiger partial charge is 0.355 e. The Morgan fingerprint density at radius 2 is 1.83 bits per heavy atom. The summed E-state index contributed by atoms with van der Waals surface area (Å²) < 4.78 is 0. The molecule has 2 N–H and O–H groups in total. The van der Waals surface area contributed by atoms with E-state index >= 15 is 0 Å². The minimum Gasteiger partial charge on any atom is -0.355 e. The van der Waals surface area contributed by atoms with E-state index in [1.165, 1.54) is 32.5 Å². The minimum atomic E-state index is 0.548. The van der Waals surface area contributed by atoms with Gasteiger partial charge in [0.2, 0.25) is 0 Å². The fraction of sp³-hybridized carbons (Fsp3) is 0.944. The van der Waals surface area contributed by atoms with Crippen molar-refractivity contribution in [1.82, 2.24) is 25.3 Å². The molecule has 2 aliphatic heterocycles. The molecule has 0 aromatic carbocycles. The van der Waals surface area contributed by atoms with Crippen LogP contribution in [0.25, 0.3) is 0 Å². The molecule has 0 saturated carbocycles. The van der Waals surface area contributed by atoms with Crippen LogP contribution >= 0.6 is 0 Å². The predicted molar refractivity (Wildman–Crippen MR) is 103 cm³/mol. The van der Waals surface area contributed by atoms with Gasteiger partial charge in [0.15, 0.2) is 5.96 Å². The van der Waals surface area contributed by atoms with E-state index < -0.39 is 0 Å². The van der Waals surface area contributed by atoms with Gasteiger partial charge in [-0.25, -0.2) is 0 Å². The number of likely N-dealkylation sites (tertiary alicyclic amines) is 1. The summed E-state index contributed by atoms with van der Waals surface area (Å²) in [6, 6.07) is 1.10. The second-order valence-electron chi connectivity index (χ2n) is 7.96. The van der Waals surface area contributed by atoms with Crippen molar-refractivity contribution in [2.75, 3.05) is 67.0 Å². The summed E-state index contributed by atoms with van der Waals surface area (Å²) in [5.74, 6) is 1.72. The summed E-state index contributed by atoms with van der Waals surface area (Å²) in [7, 11) is 6.30. The summed E-state index contributed by atoms with van der Waals surface area (Å²) in [5, 5.41) is 7.16. The average Bonchev–Trinajstić information content (AvgIpc) is 2.55. The number of hydrogen-bond acceptors (Lipinski definition) is 4. The first kappa shape index (κ1) is 19.5. The van der Waals surface area contributed by atoms with Gasteiger partial charge in [-0.1, -0.05) is 13.8 Å². The molecule has 2 aliphatic rings. The van der Waals surface area contributed by atoms with Crippen molar-refractivity contribution in [2.45, 2.75) is 38.8 Å². The number of likely N-dealkylation sites (N-methyl/N-ethyl adjacent to an activating group) is 2. The molecule has 2 rings (SSSR count). The molecule has 1 atom stereocenters. The van der Waals surface area contributed by atoms with Gasteiger partial charge in [-0.15, -0.1) is 0 Å². The van der Waals surface area contributed by atoms with Gasteiger partial charge in [-0.2, -0.15) is 0 Å². The highest BCUT2D eigenvalue weighted by Crippen LogP contribution is 2.12. The maximum absolute atomic E-state index is 4.43. The third-order valence-corrected chi connectivity index (χ3v) is 5.26. The van der Waals surface area contributed by atoms with E-state index in [0.29, 0.717) is 12.1 Å². The number of aliphatic imine (C=N–C) groups is 1. The summed E-state index contributed by atoms with van der Waals surface area (Å²) in [5.41, 5.74) is 0. The van der Waals surface area contributed by atoms with Crippen molar-refractivity contribution >= 4 is 5.96 Å². The maximum atomic E-state index is 4.43. The molecule has 6 heteroatoms. The van der Waals surface area contributed by atoms with Crippen molar-refractivity contribution in [1.29, 1.82) is 0 Å². The second kappa shape index (κ2) is 9.59. The molecule has 0 aliphatic carbocycles. The van der Waals surface area contributed by atoms with Gasteiger partial charge in [-0.3, -0.25) is 9.89 Å². The van der Waals surface area contributed by atoms with Crippen molar-refractivity contribution in [3.63, 3.8) is 0 Å². The molecule has 0 aromatic rings. The van der Waals surface area contributed by atoms with E-state index in [1.807, 2.05) is 7.05 Å². The van der Waals surface area contributed by atoms with Crippen molar-refractivity contribution in [2.24, 2.45) is 10.9 Å². The van der Waals surface area contributed by atoms with Crippen LogP contribution in [-0.4, -0.2) is 99.7 Å². The lowest BCUT2D eigenvalue weighted by Gasteiger charge is -2.38. The quantitative estimate of drug-likeness (QED) is 0.565. The van der Waals surface area contributed by atoms with Crippen LogP contribution in [0.1, 0.15) is 26.7 Å². The summed E-state index contributed by atoms with van der Waals surface area (Å²) in [6.07, 6.45) is 2.42. The van der Waals surface area contributed by atoms with Gasteiger partial charge in [0.1, 0.15) is 0 Å². The van der Waals surface area contributed by atoms with Crippen LogP contribution in [0.3, 0.4) is 0 Å². The Morgan fingerprint density at radius 1 is 1.12 bits per heavy atom. The first-order valence-corrected chi connectivity index (χ1v) is 9.56. The highest BCUT2D eigenvalue weighted by Gasteiger charge is 2.23. The van der Waals surface area contributed by atoms with Gasteiger partial charge in [0.05, 0.1) is 0 Å². The second-order valence-corrected chi connectivity index (χ2v) is 7.96. The lowest BCUT2D eigenvalue weighted by molar-refractivity contribution is 0.116. The number of guanidine groups is 1. The van der Waals surface area contributed by atoms with Gasteiger partial charge in [0.25, 0.3) is 0 Å². The van der Waals surface area contributed by atoms with E-state index in [0.717, 1.165) is 38.1 Å². The fourth-order valence-electron chi connectivity index (χ4n) is 3.70. The van der Waals surface area contributed by atoms with Gasteiger partial charge < -0.3 is 20.4 Å². The van der Waals surface area contributed by atoms with E-state index in [4.69, 9.17) is 0 Å². The third kappa shape index (κ3) is 6.22. The summed E-state index contributed by atoms with van der Waals surface area (Å²) in [4.78, 5) is 11.9. The monoisotopic (exact) mass is 338 g/mol. The van der Waals surface area contributed by atoms with E-state index in [1.54, 1.807) is 0 Å². The zero-order valence-electron chi connectivity index (χ0n) is 16.4. The topological polar surface area (TPSA) is 46.1 Å². The van der Waals surface area contributed by atoms with Crippen molar-refractivity contribution < 1.29 is 0 Å². The van der Waals surface area contributed by atoms with Crippen LogP contribution in [0.4, 0.5) is 0 Å². The van der Waals surface area contributed by atoms with Crippen molar-refractivity contribution in [3.8, 4) is 0 Å². The number of piperidine rings is 1. The maximum Gasteiger partial charge on any atom is 0.191 e. The SMILES string of the molecule is CN=C(NCC1CN(C)CCN1C)NC1CCN(CC(C)C)CC1. The highest BCUT2D eigenvalue weighted by atomic mass is 15.3. The molecule has 0 radical (unpaired) electrons. The highest BCUT2D eigenvalue weighted by molar-refractivity contribution is 5.80. The van der Waals surface area contributed by atoms with E-state index in [2.05, 4.69) is 58.3 Å². The van der Waals surface area contributed by atoms with Gasteiger partial charge >= 0.3 is 0 Å². The Bertz CT molecular complexity index is 389. The first-order valence-electron chi connectivity index (χ1n) is 9.56. The standard InChI is InChI=1S/C18H38N6/c1-15(2)13-24-8-6-16(7-9-24)21-18(19-3)20-12-17-14-22(4)10-11-23(17)5/h15-17H,6-14H2,1-5H3,(H2,19,20,21). The number of hydrogen-bond donors (Lipinski definition) is 2. The molecule has 1 unspecified atom stereocenters. The molecule has 2 saturated heterocycles. The average molecular weight is 339 g/mol. The first-order chi connectivity index (χ1) is 11.5. The number of nitrogens with zero attached hydrogens (tertiary/aromatic N) is 4. The molecule has 0 aromatic heterocycles. The number of rotatable bonds is 5. The Labute approximate surface area is 148 Å². The number of piperazine rings is 1. The van der Waals surface area contributed by atoms with Gasteiger partial charge in [0, 0.05) is 64.9 Å². The zero-order valence-corrected chi connectivity index (χ0v) is 16.4. The normalized spacial score (nSPS) is 26.1. The van der Waals surface area contributed by atoms with Crippen LogP contribution < -0.4 is 10.6 Å². The molecule has 0 spiro atoms.